The summed E-state index contributed by atoms with van der Waals surface area (Å²) in [6.45, 7) is 0.624. The zero-order valence-electron chi connectivity index (χ0n) is 10.2. The number of rotatable bonds is 2. The van der Waals surface area contributed by atoms with Gasteiger partial charge in [0.1, 0.15) is 6.04 Å². The Labute approximate surface area is 109 Å². The molecule has 0 saturated carbocycles. The molecule has 6 nitrogen and oxygen atoms in total. The predicted molar refractivity (Wildman–Crippen MR) is 64.3 cm³/mol. The average Bonchev–Trinajstić information content (AvgIpc) is 3.05. The van der Waals surface area contributed by atoms with Crippen LogP contribution in [0.4, 0.5) is 0 Å². The van der Waals surface area contributed by atoms with Crippen molar-refractivity contribution in [2.45, 2.75) is 18.9 Å². The Kier molecular flexibility index (Phi) is 2.77. The Morgan fingerprint density at radius 1 is 1.26 bits per heavy atom. The third-order valence-electron chi connectivity index (χ3n) is 3.42. The van der Waals surface area contributed by atoms with Crippen LogP contribution in [0.3, 0.4) is 0 Å². The second-order valence-corrected chi connectivity index (χ2v) is 4.56. The molecule has 0 spiro atoms. The van der Waals surface area contributed by atoms with Crippen LogP contribution in [0.15, 0.2) is 18.2 Å². The molecular weight excluding hydrogens is 250 g/mol. The number of amides is 1. The van der Waals surface area contributed by atoms with Crippen LogP contribution in [-0.2, 0) is 4.79 Å². The first-order chi connectivity index (χ1) is 9.16. The Morgan fingerprint density at radius 3 is 2.84 bits per heavy atom. The van der Waals surface area contributed by atoms with Gasteiger partial charge < -0.3 is 19.5 Å². The number of carbonyl (C=O) groups is 2. The molecule has 6 heteroatoms. The number of benzene rings is 1. The molecule has 0 bridgehead atoms. The lowest BCUT2D eigenvalue weighted by Gasteiger charge is -2.21. The minimum atomic E-state index is -0.952. The first-order valence-corrected chi connectivity index (χ1v) is 6.10. The van der Waals surface area contributed by atoms with Crippen LogP contribution in [0.1, 0.15) is 23.2 Å². The summed E-state index contributed by atoms with van der Waals surface area (Å²) in [5.41, 5.74) is 0.428. The van der Waals surface area contributed by atoms with Crippen LogP contribution < -0.4 is 9.47 Å². The molecule has 2 aliphatic heterocycles. The molecule has 1 saturated heterocycles. The highest BCUT2D eigenvalue weighted by molar-refractivity contribution is 5.97. The number of carboxylic acid groups (broad SMARTS) is 1. The second kappa shape index (κ2) is 4.46. The van der Waals surface area contributed by atoms with Gasteiger partial charge in [0, 0.05) is 12.1 Å². The van der Waals surface area contributed by atoms with E-state index in [1.807, 2.05) is 0 Å². The van der Waals surface area contributed by atoms with E-state index in [1.54, 1.807) is 18.2 Å². The molecule has 1 aromatic carbocycles. The highest BCUT2D eigenvalue weighted by atomic mass is 16.7. The first kappa shape index (κ1) is 11.8. The van der Waals surface area contributed by atoms with Crippen molar-refractivity contribution in [1.82, 2.24) is 4.90 Å². The van der Waals surface area contributed by atoms with Crippen molar-refractivity contribution in [3.63, 3.8) is 0 Å². The summed E-state index contributed by atoms with van der Waals surface area (Å²) in [4.78, 5) is 24.8. The van der Waals surface area contributed by atoms with E-state index in [4.69, 9.17) is 14.6 Å². The number of hydrogen-bond acceptors (Lipinski definition) is 4. The van der Waals surface area contributed by atoms with Crippen LogP contribution >= 0.6 is 0 Å². The maximum atomic E-state index is 12.3. The van der Waals surface area contributed by atoms with E-state index in [9.17, 15) is 9.59 Å². The normalized spacial score (nSPS) is 20.6. The van der Waals surface area contributed by atoms with Crippen molar-refractivity contribution in [3.05, 3.63) is 23.8 Å². The summed E-state index contributed by atoms with van der Waals surface area (Å²) in [5.74, 6) is -0.0977. The van der Waals surface area contributed by atoms with Gasteiger partial charge in [-0.1, -0.05) is 0 Å². The molecule has 0 aliphatic carbocycles. The maximum Gasteiger partial charge on any atom is 0.326 e. The molecule has 0 radical (unpaired) electrons. The van der Waals surface area contributed by atoms with Crippen molar-refractivity contribution in [3.8, 4) is 11.5 Å². The topological polar surface area (TPSA) is 76.1 Å². The van der Waals surface area contributed by atoms with E-state index in [2.05, 4.69) is 0 Å². The Bertz CT molecular complexity index is 542. The number of aliphatic carboxylic acids is 1. The highest BCUT2D eigenvalue weighted by Gasteiger charge is 2.34. The Hall–Kier alpha value is -2.24. The number of ether oxygens (including phenoxy) is 2. The van der Waals surface area contributed by atoms with Gasteiger partial charge in [-0.05, 0) is 31.0 Å². The van der Waals surface area contributed by atoms with E-state index in [-0.39, 0.29) is 12.7 Å². The molecule has 2 heterocycles. The van der Waals surface area contributed by atoms with Crippen LogP contribution in [0.2, 0.25) is 0 Å². The number of carbonyl (C=O) groups excluding carboxylic acids is 1. The van der Waals surface area contributed by atoms with Gasteiger partial charge in [0.2, 0.25) is 6.79 Å². The number of carboxylic acids is 1. The third kappa shape index (κ3) is 1.99. The fraction of sp³-hybridized carbons (Fsp3) is 0.385. The van der Waals surface area contributed by atoms with Gasteiger partial charge in [-0.3, -0.25) is 4.79 Å². The van der Waals surface area contributed by atoms with Crippen molar-refractivity contribution < 1.29 is 24.2 Å². The second-order valence-electron chi connectivity index (χ2n) is 4.56. The monoisotopic (exact) mass is 263 g/mol. The first-order valence-electron chi connectivity index (χ1n) is 6.10. The summed E-state index contributed by atoms with van der Waals surface area (Å²) in [6, 6.07) is 4.18. The molecule has 1 amide bonds. The fourth-order valence-electron chi connectivity index (χ4n) is 2.46. The van der Waals surface area contributed by atoms with Crippen molar-refractivity contribution in [2.75, 3.05) is 13.3 Å². The average molecular weight is 263 g/mol. The van der Waals surface area contributed by atoms with Crippen molar-refractivity contribution in [1.29, 1.82) is 0 Å². The minimum absolute atomic E-state index is 0.147. The summed E-state index contributed by atoms with van der Waals surface area (Å²) >= 11 is 0. The summed E-state index contributed by atoms with van der Waals surface area (Å²) in [6.07, 6.45) is 1.22. The third-order valence-corrected chi connectivity index (χ3v) is 3.42. The molecule has 19 heavy (non-hydrogen) atoms. The van der Waals surface area contributed by atoms with Gasteiger partial charge in [-0.15, -0.1) is 0 Å². The largest absolute Gasteiger partial charge is 0.480 e. The van der Waals surface area contributed by atoms with Gasteiger partial charge in [-0.2, -0.15) is 0 Å². The van der Waals surface area contributed by atoms with Crippen molar-refractivity contribution in [2.24, 2.45) is 0 Å². The van der Waals surface area contributed by atoms with E-state index < -0.39 is 12.0 Å². The fourth-order valence-corrected chi connectivity index (χ4v) is 2.46. The van der Waals surface area contributed by atoms with Crippen LogP contribution in [0.5, 0.6) is 11.5 Å². The lowest BCUT2D eigenvalue weighted by Crippen LogP contribution is -2.40. The summed E-state index contributed by atoms with van der Waals surface area (Å²) in [7, 11) is 0. The zero-order chi connectivity index (χ0) is 13.4. The Balaban J connectivity index is 1.85. The smallest absolute Gasteiger partial charge is 0.326 e. The standard InChI is InChI=1S/C13H13NO5/c15-12(14-5-1-2-9(14)13(16)17)8-3-4-10-11(6-8)19-7-18-10/h3-4,6,9H,1-2,5,7H2,(H,16,17). The maximum absolute atomic E-state index is 12.3. The zero-order valence-corrected chi connectivity index (χ0v) is 10.2. The molecule has 1 aromatic rings. The van der Waals surface area contributed by atoms with Crippen LogP contribution in [0.25, 0.3) is 0 Å². The van der Waals surface area contributed by atoms with E-state index >= 15 is 0 Å². The lowest BCUT2D eigenvalue weighted by molar-refractivity contribution is -0.141. The van der Waals surface area contributed by atoms with Gasteiger partial charge in [0.15, 0.2) is 11.5 Å². The van der Waals surface area contributed by atoms with E-state index in [1.165, 1.54) is 4.90 Å². The molecule has 1 fully saturated rings. The van der Waals surface area contributed by atoms with E-state index in [0.29, 0.717) is 36.4 Å². The molecule has 0 aromatic heterocycles. The van der Waals surface area contributed by atoms with Crippen LogP contribution in [-0.4, -0.2) is 41.3 Å². The number of likely N-dealkylation sites (tertiary alicyclic amines) is 1. The highest BCUT2D eigenvalue weighted by Crippen LogP contribution is 2.33. The van der Waals surface area contributed by atoms with Crippen molar-refractivity contribution >= 4 is 11.9 Å². The minimum Gasteiger partial charge on any atom is -0.480 e. The van der Waals surface area contributed by atoms with Gasteiger partial charge >= 0.3 is 5.97 Å². The molecule has 1 unspecified atom stereocenters. The van der Waals surface area contributed by atoms with Gasteiger partial charge in [-0.25, -0.2) is 4.79 Å². The molecule has 3 rings (SSSR count). The number of hydrogen-bond donors (Lipinski definition) is 1. The molecule has 1 N–H and O–H groups in total. The summed E-state index contributed by atoms with van der Waals surface area (Å²) < 4.78 is 10.4. The quantitative estimate of drug-likeness (QED) is 0.864. The van der Waals surface area contributed by atoms with E-state index in [0.717, 1.165) is 0 Å². The van der Waals surface area contributed by atoms with Gasteiger partial charge in [0.25, 0.3) is 5.91 Å². The molecule has 2 aliphatic rings. The van der Waals surface area contributed by atoms with Crippen LogP contribution in [0, 0.1) is 0 Å². The summed E-state index contributed by atoms with van der Waals surface area (Å²) in [5, 5.41) is 9.10. The molecule has 1 atom stereocenters. The lowest BCUT2D eigenvalue weighted by atomic mass is 10.1. The van der Waals surface area contributed by atoms with Gasteiger partial charge in [0.05, 0.1) is 0 Å². The number of nitrogens with zero attached hydrogens (tertiary/aromatic N) is 1. The molecular formula is C13H13NO5. The number of fused-ring (bicyclic) bond motifs is 1. The Morgan fingerprint density at radius 2 is 2.05 bits per heavy atom. The molecule has 100 valence electrons. The predicted octanol–water partition coefficient (Wildman–Crippen LogP) is 1.10. The SMILES string of the molecule is O=C(O)C1CCCN1C(=O)c1ccc2c(c1)OCO2.